The molecule has 0 saturated heterocycles. The lowest BCUT2D eigenvalue weighted by molar-refractivity contribution is -0.206. The fourth-order valence-electron chi connectivity index (χ4n) is 1.61. The van der Waals surface area contributed by atoms with E-state index in [1.54, 1.807) is 19.1 Å². The largest absolute Gasteiger partial charge is 0.418 e. The molecule has 1 N–H and O–H groups in total. The van der Waals surface area contributed by atoms with Crippen molar-refractivity contribution in [2.24, 2.45) is 0 Å². The minimum absolute atomic E-state index is 0.171. The molecule has 1 atom stereocenters. The van der Waals surface area contributed by atoms with Crippen LogP contribution in [0.3, 0.4) is 0 Å². The first-order valence-corrected chi connectivity index (χ1v) is 5.00. The molecule has 0 radical (unpaired) electrons. The van der Waals surface area contributed by atoms with E-state index in [4.69, 9.17) is 5.11 Å². The number of fused-ring (bicyclic) bond motifs is 1. The van der Waals surface area contributed by atoms with Crippen LogP contribution in [0.5, 0.6) is 0 Å². The molecule has 0 fully saturated rings. The van der Waals surface area contributed by atoms with Gasteiger partial charge in [0.1, 0.15) is 0 Å². The normalized spacial score (nSPS) is 13.9. The van der Waals surface area contributed by atoms with E-state index < -0.39 is 12.3 Å². The molecule has 2 rings (SSSR count). The van der Waals surface area contributed by atoms with Gasteiger partial charge in [-0.3, -0.25) is 4.98 Å². The highest BCUT2D eigenvalue weighted by molar-refractivity contribution is 5.79. The van der Waals surface area contributed by atoms with Crippen molar-refractivity contribution in [2.75, 3.05) is 0 Å². The maximum Gasteiger partial charge on any atom is 0.418 e. The van der Waals surface area contributed by atoms with Gasteiger partial charge in [-0.1, -0.05) is 12.1 Å². The quantitative estimate of drug-likeness (QED) is 0.832. The molecule has 2 nitrogen and oxygen atoms in total. The molecule has 0 bridgehead atoms. The molecule has 0 aliphatic heterocycles. The smallest absolute Gasteiger partial charge is 0.379 e. The fourth-order valence-corrected chi connectivity index (χ4v) is 1.61. The molecule has 5 heteroatoms. The first-order chi connectivity index (χ1) is 7.88. The fraction of sp³-hybridized carbons (Fsp3) is 0.250. The number of halogens is 3. The van der Waals surface area contributed by atoms with Gasteiger partial charge < -0.3 is 5.11 Å². The van der Waals surface area contributed by atoms with Crippen LogP contribution in [-0.2, 0) is 0 Å². The summed E-state index contributed by atoms with van der Waals surface area (Å²) < 4.78 is 37.0. The third-order valence-electron chi connectivity index (χ3n) is 2.48. The van der Waals surface area contributed by atoms with Crippen LogP contribution >= 0.6 is 0 Å². The molecule has 0 saturated carbocycles. The minimum atomic E-state index is -4.65. The van der Waals surface area contributed by atoms with Crippen LogP contribution in [0.1, 0.15) is 17.4 Å². The van der Waals surface area contributed by atoms with E-state index in [0.717, 1.165) is 5.69 Å². The van der Waals surface area contributed by atoms with Crippen molar-refractivity contribution in [1.29, 1.82) is 0 Å². The first kappa shape index (κ1) is 11.9. The molecule has 0 unspecified atom stereocenters. The second-order valence-electron chi connectivity index (χ2n) is 3.85. The average molecular weight is 241 g/mol. The van der Waals surface area contributed by atoms with Crippen LogP contribution in [0.2, 0.25) is 0 Å². The number of aromatic nitrogens is 1. The van der Waals surface area contributed by atoms with Crippen molar-refractivity contribution < 1.29 is 18.3 Å². The number of aryl methyl sites for hydroxylation is 1. The van der Waals surface area contributed by atoms with Gasteiger partial charge in [0, 0.05) is 11.1 Å². The molecule has 90 valence electrons. The lowest BCUT2D eigenvalue weighted by Gasteiger charge is -2.15. The molecular weight excluding hydrogens is 231 g/mol. The summed E-state index contributed by atoms with van der Waals surface area (Å²) in [6.45, 7) is 1.80. The van der Waals surface area contributed by atoms with Crippen molar-refractivity contribution in [2.45, 2.75) is 19.2 Å². The predicted molar refractivity (Wildman–Crippen MR) is 57.5 cm³/mol. The van der Waals surface area contributed by atoms with Crippen LogP contribution in [0.15, 0.2) is 30.3 Å². The van der Waals surface area contributed by atoms with E-state index in [9.17, 15) is 13.2 Å². The van der Waals surface area contributed by atoms with Crippen LogP contribution in [0, 0.1) is 6.92 Å². The van der Waals surface area contributed by atoms with E-state index >= 15 is 0 Å². The van der Waals surface area contributed by atoms with Crippen LogP contribution in [0.25, 0.3) is 10.9 Å². The highest BCUT2D eigenvalue weighted by atomic mass is 19.4. The molecule has 0 aliphatic rings. The Morgan fingerprint density at radius 1 is 1.18 bits per heavy atom. The molecular formula is C12H10F3NO. The number of rotatable bonds is 1. The number of pyridine rings is 1. The van der Waals surface area contributed by atoms with Gasteiger partial charge in [0.15, 0.2) is 6.10 Å². The number of hydrogen-bond acceptors (Lipinski definition) is 2. The third kappa shape index (κ3) is 2.39. The van der Waals surface area contributed by atoms with Crippen molar-refractivity contribution in [3.05, 3.63) is 41.6 Å². The molecule has 17 heavy (non-hydrogen) atoms. The maximum absolute atomic E-state index is 12.3. The van der Waals surface area contributed by atoms with Crippen molar-refractivity contribution in [3.8, 4) is 0 Å². The first-order valence-electron chi connectivity index (χ1n) is 5.00. The van der Waals surface area contributed by atoms with E-state index in [1.165, 1.54) is 18.2 Å². The maximum atomic E-state index is 12.3. The number of aliphatic hydroxyl groups excluding tert-OH is 1. The van der Waals surface area contributed by atoms with Crippen LogP contribution < -0.4 is 0 Å². The Morgan fingerprint density at radius 3 is 2.53 bits per heavy atom. The Hall–Kier alpha value is -1.62. The van der Waals surface area contributed by atoms with Gasteiger partial charge in [-0.15, -0.1) is 0 Å². The van der Waals surface area contributed by atoms with Crippen LogP contribution in [0.4, 0.5) is 13.2 Å². The van der Waals surface area contributed by atoms with Gasteiger partial charge in [0.2, 0.25) is 0 Å². The zero-order valence-electron chi connectivity index (χ0n) is 8.99. The van der Waals surface area contributed by atoms with E-state index in [-0.39, 0.29) is 5.56 Å². The second-order valence-corrected chi connectivity index (χ2v) is 3.85. The lowest BCUT2D eigenvalue weighted by Crippen LogP contribution is -2.20. The number of hydrogen-bond donors (Lipinski definition) is 1. The van der Waals surface area contributed by atoms with E-state index in [1.807, 2.05) is 0 Å². The molecule has 0 aliphatic carbocycles. The standard InChI is InChI=1S/C12H10F3NO/c1-7-2-3-8-6-9(4-5-10(8)16-7)11(17)12(13,14)15/h2-6,11,17H,1H3/t11-/m0/s1. The number of aliphatic hydroxyl groups is 1. The van der Waals surface area contributed by atoms with Gasteiger partial charge >= 0.3 is 6.18 Å². The third-order valence-corrected chi connectivity index (χ3v) is 2.48. The van der Waals surface area contributed by atoms with Gasteiger partial charge in [-0.25, -0.2) is 0 Å². The SMILES string of the molecule is Cc1ccc2cc([C@H](O)C(F)(F)F)ccc2n1. The van der Waals surface area contributed by atoms with Gasteiger partial charge in [0.25, 0.3) is 0 Å². The Labute approximate surface area is 95.7 Å². The molecule has 1 heterocycles. The number of nitrogens with zero attached hydrogens (tertiary/aromatic N) is 1. The molecule has 1 aromatic carbocycles. The van der Waals surface area contributed by atoms with Gasteiger partial charge in [-0.05, 0) is 30.7 Å². The summed E-state index contributed by atoms with van der Waals surface area (Å²) in [5.74, 6) is 0. The van der Waals surface area contributed by atoms with Crippen LogP contribution in [-0.4, -0.2) is 16.3 Å². The average Bonchev–Trinajstić information content (AvgIpc) is 2.26. The molecule has 0 amide bonds. The molecule has 0 spiro atoms. The van der Waals surface area contributed by atoms with Gasteiger partial charge in [0.05, 0.1) is 5.52 Å². The topological polar surface area (TPSA) is 33.1 Å². The Morgan fingerprint density at radius 2 is 1.88 bits per heavy atom. The summed E-state index contributed by atoms with van der Waals surface area (Å²) in [5, 5.41) is 9.71. The molecule has 1 aromatic heterocycles. The van der Waals surface area contributed by atoms with Crippen molar-refractivity contribution in [1.82, 2.24) is 4.98 Å². The summed E-state index contributed by atoms with van der Waals surface area (Å²) >= 11 is 0. The Kier molecular flexibility index (Phi) is 2.79. The predicted octanol–water partition coefficient (Wildman–Crippen LogP) is 3.14. The summed E-state index contributed by atoms with van der Waals surface area (Å²) in [5.41, 5.74) is 1.24. The van der Waals surface area contributed by atoms with E-state index in [0.29, 0.717) is 10.9 Å². The lowest BCUT2D eigenvalue weighted by atomic mass is 10.1. The number of alkyl halides is 3. The molecule has 2 aromatic rings. The summed E-state index contributed by atoms with van der Waals surface area (Å²) in [6.07, 6.45) is -7.10. The Balaban J connectivity index is 2.48. The number of benzene rings is 1. The summed E-state index contributed by atoms with van der Waals surface area (Å²) in [6, 6.07) is 7.43. The second kappa shape index (κ2) is 4.00. The Bertz CT molecular complexity index is 551. The minimum Gasteiger partial charge on any atom is -0.379 e. The van der Waals surface area contributed by atoms with Crippen molar-refractivity contribution >= 4 is 10.9 Å². The zero-order chi connectivity index (χ0) is 12.6. The van der Waals surface area contributed by atoms with Gasteiger partial charge in [-0.2, -0.15) is 13.2 Å². The van der Waals surface area contributed by atoms with E-state index in [2.05, 4.69) is 4.98 Å². The highest BCUT2D eigenvalue weighted by Gasteiger charge is 2.39. The van der Waals surface area contributed by atoms with Crippen molar-refractivity contribution in [3.63, 3.8) is 0 Å². The highest BCUT2D eigenvalue weighted by Crippen LogP contribution is 2.33. The zero-order valence-corrected chi connectivity index (χ0v) is 8.99. The monoisotopic (exact) mass is 241 g/mol. The summed E-state index contributed by atoms with van der Waals surface area (Å²) in [7, 11) is 0. The summed E-state index contributed by atoms with van der Waals surface area (Å²) in [4.78, 5) is 4.18.